The minimum atomic E-state index is -4.45. The van der Waals surface area contributed by atoms with Gasteiger partial charge in [-0.2, -0.15) is 13.2 Å². The first-order chi connectivity index (χ1) is 7.71. The van der Waals surface area contributed by atoms with Gasteiger partial charge < -0.3 is 11.1 Å². The normalized spacial score (nSPS) is 13.3. The lowest BCUT2D eigenvalue weighted by Crippen LogP contribution is -2.32. The summed E-state index contributed by atoms with van der Waals surface area (Å²) in [6.45, 7) is 1.44. The molecule has 94 valence electrons. The molecule has 1 aromatic carbocycles. The van der Waals surface area contributed by atoms with Gasteiger partial charge in [0.25, 0.3) is 0 Å². The maximum atomic E-state index is 12.4. The van der Waals surface area contributed by atoms with E-state index in [2.05, 4.69) is 21.2 Å². The van der Waals surface area contributed by atoms with E-state index in [1.165, 1.54) is 13.0 Å². The van der Waals surface area contributed by atoms with Crippen molar-refractivity contribution in [1.29, 1.82) is 0 Å². The summed E-state index contributed by atoms with van der Waals surface area (Å²) in [5.41, 5.74) is 4.52. The molecule has 0 aliphatic heterocycles. The zero-order chi connectivity index (χ0) is 13.2. The summed E-state index contributed by atoms with van der Waals surface area (Å²) in [5.74, 6) is -0.551. The molecule has 0 unspecified atom stereocenters. The van der Waals surface area contributed by atoms with Crippen LogP contribution in [-0.2, 0) is 11.0 Å². The zero-order valence-corrected chi connectivity index (χ0v) is 10.4. The van der Waals surface area contributed by atoms with Crippen molar-refractivity contribution >= 4 is 27.5 Å². The molecule has 0 aliphatic rings. The van der Waals surface area contributed by atoms with Gasteiger partial charge in [-0.25, -0.2) is 0 Å². The second-order valence-corrected chi connectivity index (χ2v) is 4.32. The van der Waals surface area contributed by atoms with Crippen molar-refractivity contribution in [2.24, 2.45) is 5.73 Å². The summed E-state index contributed by atoms with van der Waals surface area (Å²) in [7, 11) is 0. The van der Waals surface area contributed by atoms with Crippen LogP contribution in [0.15, 0.2) is 22.7 Å². The van der Waals surface area contributed by atoms with Crippen LogP contribution in [0, 0.1) is 0 Å². The molecule has 17 heavy (non-hydrogen) atoms. The molecule has 3 N–H and O–H groups in total. The minimum Gasteiger partial charge on any atom is -0.324 e. The van der Waals surface area contributed by atoms with Crippen LogP contribution in [0.1, 0.15) is 12.5 Å². The Bertz CT molecular complexity index is 432. The van der Waals surface area contributed by atoms with E-state index < -0.39 is 23.7 Å². The van der Waals surface area contributed by atoms with Gasteiger partial charge in [-0.05, 0) is 41.1 Å². The van der Waals surface area contributed by atoms with Gasteiger partial charge in [0.05, 0.1) is 17.3 Å². The Morgan fingerprint density at radius 3 is 2.53 bits per heavy atom. The second kappa shape index (κ2) is 5.05. The molecule has 0 saturated heterocycles. The Balaban J connectivity index is 3.03. The number of hydrogen-bond donors (Lipinski definition) is 2. The molecule has 0 bridgehead atoms. The molecule has 0 spiro atoms. The van der Waals surface area contributed by atoms with E-state index in [0.29, 0.717) is 4.47 Å². The van der Waals surface area contributed by atoms with Gasteiger partial charge >= 0.3 is 6.18 Å². The van der Waals surface area contributed by atoms with Crippen LogP contribution >= 0.6 is 15.9 Å². The Kier molecular flexibility index (Phi) is 4.16. The lowest BCUT2D eigenvalue weighted by Gasteiger charge is -2.12. The summed E-state index contributed by atoms with van der Waals surface area (Å²) in [4.78, 5) is 11.3. The number of alkyl halides is 3. The standard InChI is InChI=1S/C10H10BrF3N2O/c1-5(15)9(17)16-8-4-6(10(12,13)14)2-3-7(8)11/h2-5H,15H2,1H3,(H,16,17)/t5-/m0/s1. The van der Waals surface area contributed by atoms with E-state index in [0.717, 1.165) is 12.1 Å². The average molecular weight is 311 g/mol. The summed E-state index contributed by atoms with van der Waals surface area (Å²) < 4.78 is 37.7. The quantitative estimate of drug-likeness (QED) is 0.882. The molecule has 7 heteroatoms. The number of anilines is 1. The molecule has 0 aromatic heterocycles. The largest absolute Gasteiger partial charge is 0.416 e. The first kappa shape index (κ1) is 14.0. The molecule has 0 heterocycles. The van der Waals surface area contributed by atoms with Crippen molar-refractivity contribution in [3.05, 3.63) is 28.2 Å². The van der Waals surface area contributed by atoms with Crippen LogP contribution in [-0.4, -0.2) is 11.9 Å². The maximum absolute atomic E-state index is 12.4. The fourth-order valence-corrected chi connectivity index (χ4v) is 1.39. The van der Waals surface area contributed by atoms with Crippen molar-refractivity contribution < 1.29 is 18.0 Å². The van der Waals surface area contributed by atoms with Gasteiger partial charge in [0.15, 0.2) is 0 Å². The summed E-state index contributed by atoms with van der Waals surface area (Å²) >= 11 is 3.05. The third-order valence-electron chi connectivity index (χ3n) is 1.97. The highest BCUT2D eigenvalue weighted by atomic mass is 79.9. The van der Waals surface area contributed by atoms with Crippen LogP contribution in [0.25, 0.3) is 0 Å². The maximum Gasteiger partial charge on any atom is 0.416 e. The molecule has 1 amide bonds. The zero-order valence-electron chi connectivity index (χ0n) is 8.81. The molecule has 1 rings (SSSR count). The fraction of sp³-hybridized carbons (Fsp3) is 0.300. The number of nitrogens with two attached hydrogens (primary N) is 1. The molecular formula is C10H10BrF3N2O. The van der Waals surface area contributed by atoms with Gasteiger partial charge in [0, 0.05) is 4.47 Å². The van der Waals surface area contributed by atoms with Crippen LogP contribution in [0.5, 0.6) is 0 Å². The predicted molar refractivity (Wildman–Crippen MR) is 61.4 cm³/mol. The first-order valence-corrected chi connectivity index (χ1v) is 5.44. The van der Waals surface area contributed by atoms with Crippen LogP contribution in [0.3, 0.4) is 0 Å². The van der Waals surface area contributed by atoms with E-state index in [-0.39, 0.29) is 5.69 Å². The van der Waals surface area contributed by atoms with E-state index in [1.807, 2.05) is 0 Å². The van der Waals surface area contributed by atoms with Crippen molar-refractivity contribution in [3.63, 3.8) is 0 Å². The SMILES string of the molecule is C[C@H](N)C(=O)Nc1cc(C(F)(F)F)ccc1Br. The molecule has 0 aliphatic carbocycles. The highest BCUT2D eigenvalue weighted by Gasteiger charge is 2.31. The molecule has 0 fully saturated rings. The van der Waals surface area contributed by atoms with E-state index in [9.17, 15) is 18.0 Å². The van der Waals surface area contributed by atoms with Crippen LogP contribution in [0.4, 0.5) is 18.9 Å². The Labute approximate surface area is 104 Å². The van der Waals surface area contributed by atoms with Gasteiger partial charge in [0.1, 0.15) is 0 Å². The van der Waals surface area contributed by atoms with E-state index in [1.54, 1.807) is 0 Å². The third kappa shape index (κ3) is 3.71. The number of hydrogen-bond acceptors (Lipinski definition) is 2. The number of halogens is 4. The van der Waals surface area contributed by atoms with Gasteiger partial charge in [-0.1, -0.05) is 0 Å². The Morgan fingerprint density at radius 2 is 2.06 bits per heavy atom. The lowest BCUT2D eigenvalue weighted by molar-refractivity contribution is -0.137. The minimum absolute atomic E-state index is 0.0436. The van der Waals surface area contributed by atoms with Gasteiger partial charge in [-0.15, -0.1) is 0 Å². The number of nitrogens with one attached hydrogen (secondary N) is 1. The molecule has 0 saturated carbocycles. The average Bonchev–Trinajstić information content (AvgIpc) is 2.19. The highest BCUT2D eigenvalue weighted by molar-refractivity contribution is 9.10. The molecule has 3 nitrogen and oxygen atoms in total. The number of benzene rings is 1. The third-order valence-corrected chi connectivity index (χ3v) is 2.66. The predicted octanol–water partition coefficient (Wildman–Crippen LogP) is 2.75. The highest BCUT2D eigenvalue weighted by Crippen LogP contribution is 2.33. The number of rotatable bonds is 2. The molecular weight excluding hydrogens is 301 g/mol. The summed E-state index contributed by atoms with van der Waals surface area (Å²) in [6, 6.07) is 2.20. The van der Waals surface area contributed by atoms with Crippen molar-refractivity contribution in [1.82, 2.24) is 0 Å². The molecule has 0 radical (unpaired) electrons. The van der Waals surface area contributed by atoms with Crippen molar-refractivity contribution in [2.75, 3.05) is 5.32 Å². The smallest absolute Gasteiger partial charge is 0.324 e. The van der Waals surface area contributed by atoms with Gasteiger partial charge in [-0.3, -0.25) is 4.79 Å². The molecule has 1 aromatic rings. The topological polar surface area (TPSA) is 55.1 Å². The molecule has 1 atom stereocenters. The monoisotopic (exact) mass is 310 g/mol. The van der Waals surface area contributed by atoms with Crippen LogP contribution < -0.4 is 11.1 Å². The summed E-state index contributed by atoms with van der Waals surface area (Å²) in [5, 5.41) is 2.31. The van der Waals surface area contributed by atoms with Crippen molar-refractivity contribution in [3.8, 4) is 0 Å². The lowest BCUT2D eigenvalue weighted by atomic mass is 10.2. The van der Waals surface area contributed by atoms with Crippen molar-refractivity contribution in [2.45, 2.75) is 19.1 Å². The number of amides is 1. The van der Waals surface area contributed by atoms with E-state index >= 15 is 0 Å². The number of carbonyl (C=O) groups is 1. The van der Waals surface area contributed by atoms with E-state index in [4.69, 9.17) is 5.73 Å². The second-order valence-electron chi connectivity index (χ2n) is 3.47. The summed E-state index contributed by atoms with van der Waals surface area (Å²) in [6.07, 6.45) is -4.45. The Hall–Kier alpha value is -1.08. The van der Waals surface area contributed by atoms with Gasteiger partial charge in [0.2, 0.25) is 5.91 Å². The van der Waals surface area contributed by atoms with Crippen LogP contribution in [0.2, 0.25) is 0 Å². The fourth-order valence-electron chi connectivity index (χ4n) is 1.04. The number of carbonyl (C=O) groups excluding carboxylic acids is 1. The first-order valence-electron chi connectivity index (χ1n) is 4.65. The Morgan fingerprint density at radius 1 is 1.47 bits per heavy atom.